The number of nitrogens with one attached hydrogen (secondary N) is 3. The third-order valence-electron chi connectivity index (χ3n) is 6.21. The number of likely N-dealkylation sites (N-methyl/N-ethyl adjacent to an activating group) is 1. The van der Waals surface area contributed by atoms with Gasteiger partial charge in [0.2, 0.25) is 5.91 Å². The third kappa shape index (κ3) is 4.97. The van der Waals surface area contributed by atoms with Crippen molar-refractivity contribution in [3.63, 3.8) is 0 Å². The maximum absolute atomic E-state index is 12.8. The molecule has 3 aromatic rings. The Morgan fingerprint density at radius 2 is 1.88 bits per heavy atom. The van der Waals surface area contributed by atoms with Crippen molar-refractivity contribution < 1.29 is 19.5 Å². The molecule has 1 aliphatic rings. The van der Waals surface area contributed by atoms with E-state index in [1.54, 1.807) is 36.8 Å². The van der Waals surface area contributed by atoms with Crippen molar-refractivity contribution in [3.05, 3.63) is 71.4 Å². The summed E-state index contributed by atoms with van der Waals surface area (Å²) in [5.74, 6) is -0.602. The number of pyridine rings is 1. The van der Waals surface area contributed by atoms with Crippen LogP contribution in [-0.2, 0) is 11.4 Å². The smallest absolute Gasteiger partial charge is 0.251 e. The molecule has 3 atom stereocenters. The molecule has 8 heteroatoms. The molecule has 2 aromatic carbocycles. The summed E-state index contributed by atoms with van der Waals surface area (Å²) in [5.41, 5.74) is 5.09. The quantitative estimate of drug-likeness (QED) is 0.327. The van der Waals surface area contributed by atoms with E-state index in [-0.39, 0.29) is 11.9 Å². The van der Waals surface area contributed by atoms with Crippen LogP contribution >= 0.6 is 0 Å². The van der Waals surface area contributed by atoms with Crippen LogP contribution in [-0.4, -0.2) is 41.1 Å². The summed E-state index contributed by atoms with van der Waals surface area (Å²) in [7, 11) is 1.79. The van der Waals surface area contributed by atoms with E-state index in [0.29, 0.717) is 24.3 Å². The van der Waals surface area contributed by atoms with Gasteiger partial charge in [-0.05, 0) is 63.2 Å². The van der Waals surface area contributed by atoms with Gasteiger partial charge in [-0.2, -0.15) is 0 Å². The van der Waals surface area contributed by atoms with Crippen molar-refractivity contribution in [1.82, 2.24) is 21.1 Å². The number of para-hydroxylation sites is 1. The van der Waals surface area contributed by atoms with E-state index in [9.17, 15) is 9.59 Å². The van der Waals surface area contributed by atoms with Gasteiger partial charge in [-0.1, -0.05) is 18.2 Å². The summed E-state index contributed by atoms with van der Waals surface area (Å²) in [4.78, 5) is 29.3. The zero-order valence-electron chi connectivity index (χ0n) is 18.7. The Morgan fingerprint density at radius 1 is 1.12 bits per heavy atom. The number of hydrogen-bond donors (Lipinski definition) is 4. The fourth-order valence-electron chi connectivity index (χ4n) is 4.51. The maximum atomic E-state index is 12.8. The number of ether oxygens (including phenoxy) is 1. The Bertz CT molecular complexity index is 1150. The molecule has 2 amide bonds. The minimum absolute atomic E-state index is 0.0440. The molecule has 4 N–H and O–H groups in total. The van der Waals surface area contributed by atoms with Gasteiger partial charge in [-0.25, -0.2) is 5.48 Å². The first kappa shape index (κ1) is 22.7. The van der Waals surface area contributed by atoms with E-state index in [4.69, 9.17) is 9.94 Å². The number of aryl methyl sites for hydroxylation is 1. The number of nitrogens with zero attached hydrogens (tertiary/aromatic N) is 1. The highest BCUT2D eigenvalue weighted by Crippen LogP contribution is 2.27. The molecule has 0 unspecified atom stereocenters. The third-order valence-corrected chi connectivity index (χ3v) is 6.21. The molecule has 1 aromatic heterocycles. The second-order valence-electron chi connectivity index (χ2n) is 8.31. The molecule has 0 aliphatic heterocycles. The first-order valence-electron chi connectivity index (χ1n) is 11.0. The van der Waals surface area contributed by atoms with Gasteiger partial charge in [0.05, 0.1) is 17.5 Å². The van der Waals surface area contributed by atoms with Crippen molar-refractivity contribution >= 4 is 22.7 Å². The van der Waals surface area contributed by atoms with Crippen LogP contribution in [0.1, 0.15) is 34.5 Å². The van der Waals surface area contributed by atoms with Gasteiger partial charge in [0.25, 0.3) is 5.91 Å². The molecule has 172 valence electrons. The SMILES string of the molecule is CN[C@H]1CC[C@H](C(=O)NO)[C@@H]1NC(=O)c1ccc(OCc2cc(C)nc3ccccc23)cc1. The summed E-state index contributed by atoms with van der Waals surface area (Å²) in [6.45, 7) is 2.35. The first-order chi connectivity index (χ1) is 16.0. The van der Waals surface area contributed by atoms with Gasteiger partial charge < -0.3 is 15.4 Å². The molecule has 0 radical (unpaired) electrons. The predicted molar refractivity (Wildman–Crippen MR) is 124 cm³/mol. The van der Waals surface area contributed by atoms with Gasteiger partial charge in [-0.15, -0.1) is 0 Å². The number of aromatic nitrogens is 1. The lowest BCUT2D eigenvalue weighted by atomic mass is 10.0. The maximum Gasteiger partial charge on any atom is 0.251 e. The van der Waals surface area contributed by atoms with Crippen LogP contribution < -0.4 is 20.9 Å². The largest absolute Gasteiger partial charge is 0.489 e. The van der Waals surface area contributed by atoms with E-state index in [1.807, 2.05) is 37.3 Å². The monoisotopic (exact) mass is 448 g/mol. The minimum Gasteiger partial charge on any atom is -0.489 e. The molecule has 33 heavy (non-hydrogen) atoms. The zero-order chi connectivity index (χ0) is 23.4. The van der Waals surface area contributed by atoms with E-state index < -0.39 is 17.9 Å². The Labute approximate surface area is 192 Å². The molecule has 0 saturated heterocycles. The van der Waals surface area contributed by atoms with Crippen molar-refractivity contribution in [1.29, 1.82) is 0 Å². The zero-order valence-corrected chi connectivity index (χ0v) is 18.7. The Kier molecular flexibility index (Phi) is 6.86. The molecule has 1 saturated carbocycles. The molecule has 4 rings (SSSR count). The number of carbonyl (C=O) groups is 2. The average molecular weight is 449 g/mol. The van der Waals surface area contributed by atoms with Crippen molar-refractivity contribution in [2.75, 3.05) is 7.05 Å². The van der Waals surface area contributed by atoms with Crippen LogP contribution in [0.25, 0.3) is 10.9 Å². The van der Waals surface area contributed by atoms with Crippen LogP contribution in [0.4, 0.5) is 0 Å². The topological polar surface area (TPSA) is 113 Å². The Balaban J connectivity index is 1.42. The lowest BCUT2D eigenvalue weighted by molar-refractivity contribution is -0.133. The second-order valence-corrected chi connectivity index (χ2v) is 8.31. The normalized spacial score (nSPS) is 19.9. The van der Waals surface area contributed by atoms with Crippen LogP contribution in [0.3, 0.4) is 0 Å². The number of benzene rings is 2. The lowest BCUT2D eigenvalue weighted by Gasteiger charge is -2.24. The lowest BCUT2D eigenvalue weighted by Crippen LogP contribution is -2.51. The summed E-state index contributed by atoms with van der Waals surface area (Å²) in [5, 5.41) is 16.1. The Morgan fingerprint density at radius 3 is 2.61 bits per heavy atom. The average Bonchev–Trinajstić information content (AvgIpc) is 3.24. The van der Waals surface area contributed by atoms with Crippen LogP contribution in [0, 0.1) is 12.8 Å². The van der Waals surface area contributed by atoms with Gasteiger partial charge >= 0.3 is 0 Å². The fraction of sp³-hybridized carbons (Fsp3) is 0.320. The van der Waals surface area contributed by atoms with Crippen molar-refractivity contribution in [3.8, 4) is 5.75 Å². The summed E-state index contributed by atoms with van der Waals surface area (Å²) >= 11 is 0. The standard InChI is InChI=1S/C25H28N4O4/c1-15-13-17(19-5-3-4-6-21(19)27-15)14-33-18-9-7-16(8-10-18)24(30)28-23-20(25(31)29-32)11-12-22(23)26-2/h3-10,13,20,22-23,26,32H,11-12,14H2,1-2H3,(H,28,30)(H,29,31)/t20-,22-,23-/m0/s1. The number of hydrogen-bond acceptors (Lipinski definition) is 6. The molecule has 1 aliphatic carbocycles. The first-order valence-corrected chi connectivity index (χ1v) is 11.0. The molecule has 0 spiro atoms. The highest BCUT2D eigenvalue weighted by Gasteiger charge is 2.40. The molecule has 1 fully saturated rings. The summed E-state index contributed by atoms with van der Waals surface area (Å²) in [6, 6.07) is 16.4. The molecule has 1 heterocycles. The predicted octanol–water partition coefficient (Wildman–Crippen LogP) is 2.72. The van der Waals surface area contributed by atoms with Gasteiger partial charge in [0.1, 0.15) is 12.4 Å². The molecule has 8 nitrogen and oxygen atoms in total. The molecular weight excluding hydrogens is 420 g/mol. The van der Waals surface area contributed by atoms with Gasteiger partial charge in [0, 0.05) is 28.2 Å². The van der Waals surface area contributed by atoms with Crippen LogP contribution in [0.2, 0.25) is 0 Å². The highest BCUT2D eigenvalue weighted by atomic mass is 16.5. The number of hydroxylamine groups is 1. The van der Waals surface area contributed by atoms with Gasteiger partial charge in [0.15, 0.2) is 0 Å². The highest BCUT2D eigenvalue weighted by molar-refractivity contribution is 5.95. The van der Waals surface area contributed by atoms with Crippen LogP contribution in [0.5, 0.6) is 5.75 Å². The fourth-order valence-corrected chi connectivity index (χ4v) is 4.51. The molecule has 0 bridgehead atoms. The van der Waals surface area contributed by atoms with E-state index in [0.717, 1.165) is 28.6 Å². The summed E-state index contributed by atoms with van der Waals surface area (Å²) in [6.07, 6.45) is 1.31. The van der Waals surface area contributed by atoms with E-state index in [1.165, 1.54) is 0 Å². The van der Waals surface area contributed by atoms with Gasteiger partial charge in [-0.3, -0.25) is 19.8 Å². The Hall–Kier alpha value is -3.49. The van der Waals surface area contributed by atoms with E-state index in [2.05, 4.69) is 15.6 Å². The number of amides is 2. The summed E-state index contributed by atoms with van der Waals surface area (Å²) < 4.78 is 5.97. The number of carbonyl (C=O) groups excluding carboxylic acids is 2. The number of rotatable bonds is 7. The number of fused-ring (bicyclic) bond motifs is 1. The van der Waals surface area contributed by atoms with Crippen molar-refractivity contribution in [2.24, 2.45) is 5.92 Å². The minimum atomic E-state index is -0.488. The van der Waals surface area contributed by atoms with E-state index >= 15 is 0 Å². The van der Waals surface area contributed by atoms with Crippen molar-refractivity contribution in [2.45, 2.75) is 38.5 Å². The second kappa shape index (κ2) is 9.97. The molecular formula is C25H28N4O4. The van der Waals surface area contributed by atoms with Crippen LogP contribution in [0.15, 0.2) is 54.6 Å².